The number of hydrogen-bond donors (Lipinski definition) is 1. The van der Waals surface area contributed by atoms with Gasteiger partial charge in [0.25, 0.3) is 5.91 Å². The zero-order valence-corrected chi connectivity index (χ0v) is 17.0. The third-order valence-corrected chi connectivity index (χ3v) is 5.58. The monoisotopic (exact) mass is 390 g/mol. The zero-order valence-electron chi connectivity index (χ0n) is 15.4. The molecular formula is C20H26N2O2S2. The summed E-state index contributed by atoms with van der Waals surface area (Å²) in [5.41, 5.74) is 2.27. The summed E-state index contributed by atoms with van der Waals surface area (Å²) in [6.45, 7) is 5.41. The van der Waals surface area contributed by atoms with Crippen molar-refractivity contribution in [1.82, 2.24) is 10.2 Å². The number of benzene rings is 1. The molecule has 1 aliphatic rings. The van der Waals surface area contributed by atoms with Crippen LogP contribution in [0, 0.1) is 0 Å². The van der Waals surface area contributed by atoms with Crippen molar-refractivity contribution in [3.63, 3.8) is 0 Å². The molecule has 2 rings (SSSR count). The molecule has 2 amide bonds. The maximum atomic E-state index is 12.6. The van der Waals surface area contributed by atoms with Crippen LogP contribution in [0.3, 0.4) is 0 Å². The summed E-state index contributed by atoms with van der Waals surface area (Å²) >= 11 is 6.67. The summed E-state index contributed by atoms with van der Waals surface area (Å²) in [5, 5.41) is 2.89. The summed E-state index contributed by atoms with van der Waals surface area (Å²) in [6, 6.07) is 8.19. The Morgan fingerprint density at radius 1 is 1.23 bits per heavy atom. The number of amides is 2. The fourth-order valence-corrected chi connectivity index (χ4v) is 3.89. The molecule has 1 saturated heterocycles. The van der Waals surface area contributed by atoms with E-state index in [4.69, 9.17) is 12.2 Å². The smallest absolute Gasteiger partial charge is 0.266 e. The average molecular weight is 391 g/mol. The lowest BCUT2D eigenvalue weighted by molar-refractivity contribution is -0.124. The van der Waals surface area contributed by atoms with Gasteiger partial charge in [0.15, 0.2) is 0 Å². The highest BCUT2D eigenvalue weighted by Crippen LogP contribution is 2.32. The number of carbonyl (C=O) groups excluding carboxylic acids is 2. The molecule has 1 aromatic rings. The Morgan fingerprint density at radius 2 is 1.96 bits per heavy atom. The number of nitrogens with one attached hydrogen (secondary N) is 1. The number of thioether (sulfide) groups is 1. The van der Waals surface area contributed by atoms with Gasteiger partial charge in [-0.25, -0.2) is 0 Å². The molecule has 0 bridgehead atoms. The zero-order chi connectivity index (χ0) is 18.9. The van der Waals surface area contributed by atoms with E-state index >= 15 is 0 Å². The molecule has 0 saturated carbocycles. The van der Waals surface area contributed by atoms with Crippen molar-refractivity contribution in [3.05, 3.63) is 40.3 Å². The van der Waals surface area contributed by atoms with E-state index in [1.807, 2.05) is 18.2 Å². The van der Waals surface area contributed by atoms with E-state index in [1.165, 1.54) is 17.3 Å². The first-order chi connectivity index (χ1) is 12.5. The molecule has 1 N–H and O–H groups in total. The van der Waals surface area contributed by atoms with Crippen molar-refractivity contribution in [2.45, 2.75) is 46.0 Å². The van der Waals surface area contributed by atoms with E-state index in [9.17, 15) is 9.59 Å². The molecule has 6 heteroatoms. The van der Waals surface area contributed by atoms with Gasteiger partial charge in [0.1, 0.15) is 4.32 Å². The van der Waals surface area contributed by atoms with E-state index in [0.29, 0.717) is 28.6 Å². The van der Waals surface area contributed by atoms with Gasteiger partial charge in [-0.1, -0.05) is 68.5 Å². The molecule has 0 aliphatic carbocycles. The molecule has 1 aliphatic heterocycles. The van der Waals surface area contributed by atoms with Crippen LogP contribution in [-0.2, 0) is 16.0 Å². The maximum Gasteiger partial charge on any atom is 0.266 e. The topological polar surface area (TPSA) is 49.4 Å². The third-order valence-electron chi connectivity index (χ3n) is 4.20. The van der Waals surface area contributed by atoms with E-state index in [0.717, 1.165) is 31.4 Å². The average Bonchev–Trinajstić information content (AvgIpc) is 2.90. The molecule has 1 aromatic carbocycles. The van der Waals surface area contributed by atoms with Gasteiger partial charge in [-0.05, 0) is 36.5 Å². The fraction of sp³-hybridized carbons (Fsp3) is 0.450. The molecule has 0 radical (unpaired) electrons. The second kappa shape index (κ2) is 10.5. The minimum Gasteiger partial charge on any atom is -0.356 e. The number of nitrogens with zero attached hydrogens (tertiary/aromatic N) is 1. The third kappa shape index (κ3) is 5.95. The molecule has 0 aromatic heterocycles. The highest BCUT2D eigenvalue weighted by atomic mass is 32.2. The molecule has 4 nitrogen and oxygen atoms in total. The van der Waals surface area contributed by atoms with Gasteiger partial charge in [0, 0.05) is 19.5 Å². The van der Waals surface area contributed by atoms with Crippen molar-refractivity contribution in [3.8, 4) is 0 Å². The number of rotatable bonds is 9. The van der Waals surface area contributed by atoms with Crippen molar-refractivity contribution < 1.29 is 9.59 Å². The Bertz CT molecular complexity index is 684. The predicted octanol–water partition coefficient (Wildman–Crippen LogP) is 4.15. The van der Waals surface area contributed by atoms with Gasteiger partial charge in [0.2, 0.25) is 5.91 Å². The van der Waals surface area contributed by atoms with Crippen LogP contribution in [0.4, 0.5) is 0 Å². The number of thiocarbonyl (C=S) groups is 1. The summed E-state index contributed by atoms with van der Waals surface area (Å²) in [4.78, 5) is 26.6. The lowest BCUT2D eigenvalue weighted by Gasteiger charge is -2.14. The highest BCUT2D eigenvalue weighted by Gasteiger charge is 2.31. The van der Waals surface area contributed by atoms with Crippen LogP contribution in [0.2, 0.25) is 0 Å². The number of unbranched alkanes of at least 4 members (excludes halogenated alkanes) is 1. The minimum absolute atomic E-state index is 0.0375. The van der Waals surface area contributed by atoms with Gasteiger partial charge in [-0.15, -0.1) is 0 Å². The second-order valence-electron chi connectivity index (χ2n) is 6.24. The fourth-order valence-electron chi connectivity index (χ4n) is 2.58. The summed E-state index contributed by atoms with van der Waals surface area (Å²) in [5.74, 6) is -0.0265. The Labute approximate surface area is 165 Å². The van der Waals surface area contributed by atoms with Crippen LogP contribution in [0.1, 0.15) is 50.7 Å². The molecule has 0 atom stereocenters. The summed E-state index contributed by atoms with van der Waals surface area (Å²) in [6.07, 6.45) is 5.96. The van der Waals surface area contributed by atoms with Crippen LogP contribution < -0.4 is 5.32 Å². The molecule has 1 fully saturated rings. The molecular weight excluding hydrogens is 364 g/mol. The summed E-state index contributed by atoms with van der Waals surface area (Å²) in [7, 11) is 0. The van der Waals surface area contributed by atoms with E-state index in [2.05, 4.69) is 31.3 Å². The van der Waals surface area contributed by atoms with Gasteiger partial charge in [-0.3, -0.25) is 14.5 Å². The molecule has 26 heavy (non-hydrogen) atoms. The number of aryl methyl sites for hydroxylation is 1. The van der Waals surface area contributed by atoms with E-state index in [-0.39, 0.29) is 11.8 Å². The molecule has 0 spiro atoms. The first kappa shape index (κ1) is 20.6. The van der Waals surface area contributed by atoms with E-state index in [1.54, 1.807) is 4.90 Å². The quantitative estimate of drug-likeness (QED) is 0.391. The largest absolute Gasteiger partial charge is 0.356 e. The normalized spacial score (nSPS) is 15.8. The molecule has 140 valence electrons. The Balaban J connectivity index is 1.87. The van der Waals surface area contributed by atoms with Crippen molar-refractivity contribution in [2.24, 2.45) is 0 Å². The first-order valence-electron chi connectivity index (χ1n) is 9.16. The lowest BCUT2D eigenvalue weighted by Crippen LogP contribution is -2.30. The van der Waals surface area contributed by atoms with Crippen LogP contribution in [0.15, 0.2) is 29.2 Å². The van der Waals surface area contributed by atoms with Crippen LogP contribution >= 0.6 is 24.0 Å². The van der Waals surface area contributed by atoms with E-state index < -0.39 is 0 Å². The Morgan fingerprint density at radius 3 is 2.62 bits per heavy atom. The van der Waals surface area contributed by atoms with Crippen molar-refractivity contribution >= 4 is 46.2 Å². The Hall–Kier alpha value is -1.66. The van der Waals surface area contributed by atoms with Crippen LogP contribution in [-0.4, -0.2) is 34.1 Å². The lowest BCUT2D eigenvalue weighted by atomic mass is 10.1. The highest BCUT2D eigenvalue weighted by molar-refractivity contribution is 8.26. The molecule has 1 heterocycles. The SMILES string of the molecule is CCCCNC(=O)CCCN1C(=O)/C(=C/c2ccc(CC)cc2)SC1=S. The second-order valence-corrected chi connectivity index (χ2v) is 7.91. The Kier molecular flexibility index (Phi) is 8.32. The number of carbonyl (C=O) groups is 2. The first-order valence-corrected chi connectivity index (χ1v) is 10.4. The van der Waals surface area contributed by atoms with Gasteiger partial charge in [-0.2, -0.15) is 0 Å². The van der Waals surface area contributed by atoms with Crippen molar-refractivity contribution in [2.75, 3.05) is 13.1 Å². The maximum absolute atomic E-state index is 12.6. The van der Waals surface area contributed by atoms with Crippen LogP contribution in [0.5, 0.6) is 0 Å². The van der Waals surface area contributed by atoms with Crippen LogP contribution in [0.25, 0.3) is 6.08 Å². The molecule has 0 unspecified atom stereocenters. The number of hydrogen-bond acceptors (Lipinski definition) is 4. The standard InChI is InChI=1S/C20H26N2O2S2/c1-3-5-12-21-18(23)7-6-13-22-19(24)17(26-20(22)25)14-16-10-8-15(4-2)9-11-16/h8-11,14H,3-7,12-13H2,1-2H3,(H,21,23)/b17-14-. The van der Waals surface area contributed by atoms with Gasteiger partial charge in [0.05, 0.1) is 4.91 Å². The predicted molar refractivity (Wildman–Crippen MR) is 113 cm³/mol. The van der Waals surface area contributed by atoms with Gasteiger partial charge < -0.3 is 5.32 Å². The van der Waals surface area contributed by atoms with Crippen molar-refractivity contribution in [1.29, 1.82) is 0 Å². The minimum atomic E-state index is -0.0639. The summed E-state index contributed by atoms with van der Waals surface area (Å²) < 4.78 is 0.567. The van der Waals surface area contributed by atoms with Gasteiger partial charge >= 0.3 is 0 Å².